The highest BCUT2D eigenvalue weighted by Gasteiger charge is 2.09. The number of rotatable bonds is 4. The van der Waals surface area contributed by atoms with Crippen LogP contribution in [-0.4, -0.2) is 17.4 Å². The molecule has 0 saturated carbocycles. The molecule has 0 radical (unpaired) electrons. The zero-order chi connectivity index (χ0) is 15.5. The average molecular weight is 315 g/mol. The summed E-state index contributed by atoms with van der Waals surface area (Å²) in [5.74, 6) is 0.487. The van der Waals surface area contributed by atoms with E-state index in [1.807, 2.05) is 25.1 Å². The molecule has 0 atom stereocenters. The minimum absolute atomic E-state index is 0.165. The van der Waals surface area contributed by atoms with Crippen LogP contribution in [0.5, 0.6) is 0 Å². The molecule has 4 nitrogen and oxygen atoms in total. The monoisotopic (exact) mass is 314 g/mol. The molecule has 0 saturated heterocycles. The molecule has 22 heavy (non-hydrogen) atoms. The quantitative estimate of drug-likeness (QED) is 0.797. The van der Waals surface area contributed by atoms with Gasteiger partial charge in [0.15, 0.2) is 11.5 Å². The Kier molecular flexibility index (Phi) is 4.11. The lowest BCUT2D eigenvalue weighted by atomic mass is 10.1. The van der Waals surface area contributed by atoms with Gasteiger partial charge < -0.3 is 9.73 Å². The van der Waals surface area contributed by atoms with Gasteiger partial charge in [-0.3, -0.25) is 4.79 Å². The molecule has 3 aromatic rings. The number of halogens is 1. The van der Waals surface area contributed by atoms with Crippen molar-refractivity contribution < 1.29 is 9.21 Å². The van der Waals surface area contributed by atoms with Crippen molar-refractivity contribution >= 4 is 28.6 Å². The number of carbonyl (C=O) groups excluding carboxylic acids is 1. The molecule has 5 heteroatoms. The summed E-state index contributed by atoms with van der Waals surface area (Å²) in [7, 11) is 0. The molecule has 1 amide bonds. The van der Waals surface area contributed by atoms with E-state index in [0.29, 0.717) is 29.4 Å². The molecule has 0 aliphatic rings. The van der Waals surface area contributed by atoms with Crippen molar-refractivity contribution in [1.82, 2.24) is 10.3 Å². The first-order chi connectivity index (χ1) is 10.6. The lowest BCUT2D eigenvalue weighted by Crippen LogP contribution is -2.25. The molecular weight excluding hydrogens is 300 g/mol. The van der Waals surface area contributed by atoms with Gasteiger partial charge in [0.1, 0.15) is 5.52 Å². The minimum Gasteiger partial charge on any atom is -0.441 e. The normalized spacial score (nSPS) is 10.8. The Balaban J connectivity index is 1.62. The van der Waals surface area contributed by atoms with Crippen molar-refractivity contribution in [3.05, 3.63) is 64.5 Å². The Bertz CT molecular complexity index is 826. The molecule has 1 heterocycles. The van der Waals surface area contributed by atoms with E-state index < -0.39 is 0 Å². The molecule has 112 valence electrons. The van der Waals surface area contributed by atoms with Crippen molar-refractivity contribution in [2.75, 3.05) is 6.54 Å². The standard InChI is InChI=1S/C17H15ClN2O2/c1-11-20-15-7-6-12(10-16(15)22-11)8-9-19-17(21)13-4-2-3-5-14(13)18/h2-7,10H,8-9H2,1H3,(H,19,21). The molecule has 0 aliphatic carbocycles. The molecule has 0 spiro atoms. The Morgan fingerprint density at radius 2 is 2.09 bits per heavy atom. The summed E-state index contributed by atoms with van der Waals surface area (Å²) in [5.41, 5.74) is 3.20. The summed E-state index contributed by atoms with van der Waals surface area (Å²) in [4.78, 5) is 16.3. The number of benzene rings is 2. The zero-order valence-corrected chi connectivity index (χ0v) is 12.9. The van der Waals surface area contributed by atoms with Crippen molar-refractivity contribution in [3.63, 3.8) is 0 Å². The maximum Gasteiger partial charge on any atom is 0.252 e. The van der Waals surface area contributed by atoms with Gasteiger partial charge in [-0.15, -0.1) is 0 Å². The average Bonchev–Trinajstić information content (AvgIpc) is 2.87. The van der Waals surface area contributed by atoms with Crippen molar-refractivity contribution in [2.45, 2.75) is 13.3 Å². The van der Waals surface area contributed by atoms with Gasteiger partial charge in [-0.2, -0.15) is 0 Å². The summed E-state index contributed by atoms with van der Waals surface area (Å²) >= 11 is 6.00. The fourth-order valence-corrected chi connectivity index (χ4v) is 2.52. The number of nitrogens with zero attached hydrogens (tertiary/aromatic N) is 1. The Hall–Kier alpha value is -2.33. The highest BCUT2D eigenvalue weighted by atomic mass is 35.5. The molecule has 1 N–H and O–H groups in total. The van der Waals surface area contributed by atoms with Crippen LogP contribution in [0.3, 0.4) is 0 Å². The van der Waals surface area contributed by atoms with Crippen LogP contribution >= 0.6 is 11.6 Å². The van der Waals surface area contributed by atoms with Crippen LogP contribution in [0, 0.1) is 6.92 Å². The van der Waals surface area contributed by atoms with Gasteiger partial charge >= 0.3 is 0 Å². The third kappa shape index (κ3) is 3.12. The minimum atomic E-state index is -0.165. The lowest BCUT2D eigenvalue weighted by molar-refractivity contribution is 0.0954. The topological polar surface area (TPSA) is 55.1 Å². The molecule has 0 bridgehead atoms. The Labute approximate surface area is 133 Å². The second kappa shape index (κ2) is 6.20. The summed E-state index contributed by atoms with van der Waals surface area (Å²) in [6.07, 6.45) is 0.714. The van der Waals surface area contributed by atoms with Gasteiger partial charge in [-0.1, -0.05) is 29.8 Å². The van der Waals surface area contributed by atoms with E-state index >= 15 is 0 Å². The number of aromatic nitrogens is 1. The first kappa shape index (κ1) is 14.6. The van der Waals surface area contributed by atoms with Crippen LogP contribution in [-0.2, 0) is 6.42 Å². The first-order valence-electron chi connectivity index (χ1n) is 7.02. The summed E-state index contributed by atoms with van der Waals surface area (Å²) < 4.78 is 5.51. The molecule has 0 fully saturated rings. The van der Waals surface area contributed by atoms with Crippen LogP contribution in [0.15, 0.2) is 46.9 Å². The predicted octanol–water partition coefficient (Wildman–Crippen LogP) is 3.76. The van der Waals surface area contributed by atoms with E-state index in [0.717, 1.165) is 16.7 Å². The van der Waals surface area contributed by atoms with Gasteiger partial charge in [-0.25, -0.2) is 4.98 Å². The fraction of sp³-hybridized carbons (Fsp3) is 0.176. The van der Waals surface area contributed by atoms with Crippen LogP contribution in [0.25, 0.3) is 11.1 Å². The number of hydrogen-bond acceptors (Lipinski definition) is 3. The number of oxazole rings is 1. The highest BCUT2D eigenvalue weighted by Crippen LogP contribution is 2.17. The molecule has 1 aromatic heterocycles. The summed E-state index contributed by atoms with van der Waals surface area (Å²) in [5, 5.41) is 3.33. The molecule has 2 aromatic carbocycles. The van der Waals surface area contributed by atoms with E-state index in [1.165, 1.54) is 0 Å². The lowest BCUT2D eigenvalue weighted by Gasteiger charge is -2.06. The maximum absolute atomic E-state index is 12.0. The van der Waals surface area contributed by atoms with E-state index in [1.54, 1.807) is 24.3 Å². The number of hydrogen-bond donors (Lipinski definition) is 1. The van der Waals surface area contributed by atoms with Gasteiger partial charge in [0.05, 0.1) is 10.6 Å². The SMILES string of the molecule is Cc1nc2ccc(CCNC(=O)c3ccccc3Cl)cc2o1. The van der Waals surface area contributed by atoms with E-state index in [-0.39, 0.29) is 5.91 Å². The largest absolute Gasteiger partial charge is 0.441 e. The van der Waals surface area contributed by atoms with Crippen LogP contribution < -0.4 is 5.32 Å². The molecule has 0 aliphatic heterocycles. The zero-order valence-electron chi connectivity index (χ0n) is 12.1. The number of fused-ring (bicyclic) bond motifs is 1. The van der Waals surface area contributed by atoms with Crippen LogP contribution in [0.2, 0.25) is 5.02 Å². The van der Waals surface area contributed by atoms with Crippen LogP contribution in [0.1, 0.15) is 21.8 Å². The highest BCUT2D eigenvalue weighted by molar-refractivity contribution is 6.33. The van der Waals surface area contributed by atoms with E-state index in [9.17, 15) is 4.79 Å². The van der Waals surface area contributed by atoms with Crippen molar-refractivity contribution in [2.24, 2.45) is 0 Å². The van der Waals surface area contributed by atoms with Gasteiger partial charge in [0.2, 0.25) is 0 Å². The summed E-state index contributed by atoms with van der Waals surface area (Å²) in [6.45, 7) is 2.35. The molecular formula is C17H15ClN2O2. The smallest absolute Gasteiger partial charge is 0.252 e. The maximum atomic E-state index is 12.0. The number of nitrogens with one attached hydrogen (secondary N) is 1. The van der Waals surface area contributed by atoms with Gasteiger partial charge in [-0.05, 0) is 36.2 Å². The van der Waals surface area contributed by atoms with E-state index in [2.05, 4.69) is 10.3 Å². The first-order valence-corrected chi connectivity index (χ1v) is 7.40. The summed E-state index contributed by atoms with van der Waals surface area (Å²) in [6, 6.07) is 12.9. The predicted molar refractivity (Wildman–Crippen MR) is 86.2 cm³/mol. The number of carbonyl (C=O) groups is 1. The molecule has 3 rings (SSSR count). The molecule has 0 unspecified atom stereocenters. The second-order valence-corrected chi connectivity index (χ2v) is 5.43. The Morgan fingerprint density at radius 1 is 1.27 bits per heavy atom. The third-order valence-electron chi connectivity index (χ3n) is 3.38. The van der Waals surface area contributed by atoms with Crippen molar-refractivity contribution in [3.8, 4) is 0 Å². The number of amides is 1. The van der Waals surface area contributed by atoms with E-state index in [4.69, 9.17) is 16.0 Å². The van der Waals surface area contributed by atoms with Crippen molar-refractivity contribution in [1.29, 1.82) is 0 Å². The van der Waals surface area contributed by atoms with Gasteiger partial charge in [0.25, 0.3) is 5.91 Å². The van der Waals surface area contributed by atoms with Gasteiger partial charge in [0, 0.05) is 13.5 Å². The third-order valence-corrected chi connectivity index (χ3v) is 3.71. The van der Waals surface area contributed by atoms with Crippen LogP contribution in [0.4, 0.5) is 0 Å². The fourth-order valence-electron chi connectivity index (χ4n) is 2.30. The second-order valence-electron chi connectivity index (χ2n) is 5.02. The number of aryl methyl sites for hydroxylation is 1. The Morgan fingerprint density at radius 3 is 2.91 bits per heavy atom.